The van der Waals surface area contributed by atoms with Crippen molar-refractivity contribution in [3.05, 3.63) is 81.7 Å². The number of rotatable bonds is 6. The van der Waals surface area contributed by atoms with Gasteiger partial charge >= 0.3 is 0 Å². The lowest BCUT2D eigenvalue weighted by molar-refractivity contribution is 0.288. The van der Waals surface area contributed by atoms with E-state index >= 15 is 0 Å². The third-order valence-electron chi connectivity index (χ3n) is 4.60. The molecular weight excluding hydrogens is 391 g/mol. The largest absolute Gasteiger partial charge is 0.485 e. The second-order valence-corrected chi connectivity index (χ2v) is 7.56. The van der Waals surface area contributed by atoms with E-state index in [0.717, 1.165) is 11.3 Å². The van der Waals surface area contributed by atoms with Crippen LogP contribution in [0.2, 0.25) is 0 Å². The Labute approximate surface area is 170 Å². The van der Waals surface area contributed by atoms with Crippen molar-refractivity contribution < 1.29 is 9.13 Å². The smallest absolute Gasteiger partial charge is 0.191 e. The fraction of sp³-hybridized carbons (Fsp3) is 0.190. The van der Waals surface area contributed by atoms with Gasteiger partial charge in [0.25, 0.3) is 0 Å². The zero-order valence-electron chi connectivity index (χ0n) is 16.0. The number of aryl methyl sites for hydroxylation is 1. The van der Waals surface area contributed by atoms with E-state index in [4.69, 9.17) is 4.74 Å². The van der Waals surface area contributed by atoms with Crippen molar-refractivity contribution in [1.82, 2.24) is 19.7 Å². The van der Waals surface area contributed by atoms with Crippen molar-refractivity contribution in [1.29, 1.82) is 0 Å². The van der Waals surface area contributed by atoms with Gasteiger partial charge in [-0.25, -0.2) is 4.39 Å². The number of nitrogens with zero attached hydrogens (tertiary/aromatic N) is 3. The van der Waals surface area contributed by atoms with Gasteiger partial charge in [0.2, 0.25) is 0 Å². The number of H-pyrrole nitrogens is 1. The standard InChI is InChI=1S/C21H19FN4O2S/c1-13-6-3-4-9-18(13)28-11-19-24-25-21(26(19)2)29-12-14-10-17(27)15-7-5-8-16(22)20(15)23-14/h3-10H,11-12H2,1-2H3,(H,23,27). The zero-order valence-corrected chi connectivity index (χ0v) is 16.8. The van der Waals surface area contributed by atoms with Gasteiger partial charge in [0.1, 0.15) is 18.2 Å². The molecule has 0 spiro atoms. The van der Waals surface area contributed by atoms with E-state index in [0.29, 0.717) is 34.4 Å². The molecule has 29 heavy (non-hydrogen) atoms. The van der Waals surface area contributed by atoms with Crippen molar-refractivity contribution >= 4 is 22.7 Å². The van der Waals surface area contributed by atoms with Crippen LogP contribution >= 0.6 is 11.8 Å². The summed E-state index contributed by atoms with van der Waals surface area (Å²) in [6, 6.07) is 13.7. The lowest BCUT2D eigenvalue weighted by Crippen LogP contribution is -2.06. The van der Waals surface area contributed by atoms with E-state index in [9.17, 15) is 9.18 Å². The molecule has 8 heteroatoms. The van der Waals surface area contributed by atoms with Gasteiger partial charge in [0, 0.05) is 29.9 Å². The highest BCUT2D eigenvalue weighted by atomic mass is 32.2. The molecule has 0 saturated carbocycles. The summed E-state index contributed by atoms with van der Waals surface area (Å²) in [5, 5.41) is 9.41. The first-order chi connectivity index (χ1) is 14.0. The third-order valence-corrected chi connectivity index (χ3v) is 5.67. The molecule has 0 aliphatic heterocycles. The molecule has 0 aliphatic rings. The van der Waals surface area contributed by atoms with Crippen LogP contribution in [0.25, 0.3) is 10.9 Å². The Bertz CT molecular complexity index is 1240. The summed E-state index contributed by atoms with van der Waals surface area (Å²) in [6.45, 7) is 2.29. The molecule has 6 nitrogen and oxygen atoms in total. The molecule has 4 aromatic rings. The van der Waals surface area contributed by atoms with Gasteiger partial charge in [0.15, 0.2) is 16.4 Å². The van der Waals surface area contributed by atoms with Crippen LogP contribution in [0.3, 0.4) is 0 Å². The van der Waals surface area contributed by atoms with Crippen molar-refractivity contribution in [3.8, 4) is 5.75 Å². The average molecular weight is 410 g/mol. The number of para-hydroxylation sites is 2. The van der Waals surface area contributed by atoms with Gasteiger partial charge in [-0.05, 0) is 30.7 Å². The fourth-order valence-corrected chi connectivity index (χ4v) is 3.80. The van der Waals surface area contributed by atoms with Crippen molar-refractivity contribution in [2.45, 2.75) is 24.4 Å². The van der Waals surface area contributed by atoms with Crippen LogP contribution in [-0.4, -0.2) is 19.7 Å². The maximum absolute atomic E-state index is 14.0. The van der Waals surface area contributed by atoms with Crippen LogP contribution in [0.5, 0.6) is 5.75 Å². The van der Waals surface area contributed by atoms with Crippen LogP contribution in [0, 0.1) is 12.7 Å². The molecule has 0 unspecified atom stereocenters. The lowest BCUT2D eigenvalue weighted by Gasteiger charge is -2.09. The maximum Gasteiger partial charge on any atom is 0.191 e. The SMILES string of the molecule is Cc1ccccc1OCc1nnc(SCc2cc(=O)c3cccc(F)c3[nH]2)n1C. The summed E-state index contributed by atoms with van der Waals surface area (Å²) in [6.07, 6.45) is 0. The van der Waals surface area contributed by atoms with Crippen LogP contribution in [0.4, 0.5) is 4.39 Å². The van der Waals surface area contributed by atoms with Gasteiger partial charge < -0.3 is 14.3 Å². The Balaban J connectivity index is 1.47. The average Bonchev–Trinajstić information content (AvgIpc) is 3.06. The number of pyridine rings is 1. The monoisotopic (exact) mass is 410 g/mol. The highest BCUT2D eigenvalue weighted by Gasteiger charge is 2.12. The molecule has 2 heterocycles. The van der Waals surface area contributed by atoms with Gasteiger partial charge in [0.05, 0.1) is 5.52 Å². The van der Waals surface area contributed by atoms with E-state index in [1.807, 2.05) is 42.8 Å². The molecule has 2 aromatic heterocycles. The number of nitrogens with one attached hydrogen (secondary N) is 1. The maximum atomic E-state index is 14.0. The molecule has 0 fully saturated rings. The second kappa shape index (κ2) is 8.08. The number of benzene rings is 2. The highest BCUT2D eigenvalue weighted by molar-refractivity contribution is 7.98. The van der Waals surface area contributed by atoms with Gasteiger partial charge in [-0.1, -0.05) is 36.0 Å². The molecule has 1 N–H and O–H groups in total. The summed E-state index contributed by atoms with van der Waals surface area (Å²) < 4.78 is 21.7. The normalized spacial score (nSPS) is 11.1. The van der Waals surface area contributed by atoms with Gasteiger partial charge in [-0.15, -0.1) is 10.2 Å². The molecule has 0 atom stereocenters. The predicted octanol–water partition coefficient (Wildman–Crippen LogP) is 3.98. The van der Waals surface area contributed by atoms with Gasteiger partial charge in [-0.3, -0.25) is 4.79 Å². The Hall–Kier alpha value is -3.13. The molecule has 148 valence electrons. The Morgan fingerprint density at radius 3 is 2.83 bits per heavy atom. The lowest BCUT2D eigenvalue weighted by atomic mass is 10.2. The van der Waals surface area contributed by atoms with E-state index < -0.39 is 5.82 Å². The van der Waals surface area contributed by atoms with Crippen molar-refractivity contribution in [2.75, 3.05) is 0 Å². The minimum absolute atomic E-state index is 0.209. The highest BCUT2D eigenvalue weighted by Crippen LogP contribution is 2.22. The molecule has 4 rings (SSSR count). The Morgan fingerprint density at radius 1 is 1.17 bits per heavy atom. The number of aromatic amines is 1. The topological polar surface area (TPSA) is 72.8 Å². The van der Waals surface area contributed by atoms with E-state index in [-0.39, 0.29) is 10.9 Å². The quantitative estimate of drug-likeness (QED) is 0.487. The van der Waals surface area contributed by atoms with Gasteiger partial charge in [-0.2, -0.15) is 0 Å². The zero-order chi connectivity index (χ0) is 20.4. The third kappa shape index (κ3) is 4.02. The summed E-state index contributed by atoms with van der Waals surface area (Å²) in [5.74, 6) is 1.49. The predicted molar refractivity (Wildman–Crippen MR) is 111 cm³/mol. The summed E-state index contributed by atoms with van der Waals surface area (Å²) in [7, 11) is 1.86. The number of hydrogen-bond acceptors (Lipinski definition) is 5. The van der Waals surface area contributed by atoms with Crippen molar-refractivity contribution in [3.63, 3.8) is 0 Å². The minimum atomic E-state index is -0.444. The molecular formula is C21H19FN4O2S. The summed E-state index contributed by atoms with van der Waals surface area (Å²) in [5.41, 5.74) is 1.69. The number of halogens is 1. The number of ether oxygens (including phenoxy) is 1. The number of aromatic nitrogens is 4. The Kier molecular flexibility index (Phi) is 5.35. The van der Waals surface area contributed by atoms with Crippen LogP contribution in [0.1, 0.15) is 17.1 Å². The van der Waals surface area contributed by atoms with E-state index in [1.54, 1.807) is 6.07 Å². The molecule has 0 bridgehead atoms. The van der Waals surface area contributed by atoms with Crippen LogP contribution in [0.15, 0.2) is 58.5 Å². The van der Waals surface area contributed by atoms with E-state index in [2.05, 4.69) is 15.2 Å². The molecule has 0 radical (unpaired) electrons. The molecule has 2 aromatic carbocycles. The first-order valence-corrected chi connectivity index (χ1v) is 10.0. The van der Waals surface area contributed by atoms with E-state index in [1.165, 1.54) is 30.0 Å². The minimum Gasteiger partial charge on any atom is -0.485 e. The fourth-order valence-electron chi connectivity index (χ4n) is 2.97. The van der Waals surface area contributed by atoms with Crippen LogP contribution in [-0.2, 0) is 19.4 Å². The Morgan fingerprint density at radius 2 is 2.00 bits per heavy atom. The molecule has 0 amide bonds. The summed E-state index contributed by atoms with van der Waals surface area (Å²) >= 11 is 1.41. The number of hydrogen-bond donors (Lipinski definition) is 1. The first-order valence-electron chi connectivity index (χ1n) is 9.03. The summed E-state index contributed by atoms with van der Waals surface area (Å²) in [4.78, 5) is 15.2. The van der Waals surface area contributed by atoms with Crippen molar-refractivity contribution in [2.24, 2.45) is 7.05 Å². The van der Waals surface area contributed by atoms with Crippen LogP contribution < -0.4 is 10.2 Å². The second-order valence-electron chi connectivity index (χ2n) is 6.62. The first kappa shape index (κ1) is 19.2. The molecule has 0 saturated heterocycles. The number of fused-ring (bicyclic) bond motifs is 1. The molecule has 0 aliphatic carbocycles. The number of thioether (sulfide) groups is 1.